The van der Waals surface area contributed by atoms with Crippen molar-refractivity contribution in [1.29, 1.82) is 5.26 Å². The SMILES string of the molecule is N#C/C(=C\c1cc(Br)c(OS(=O)(=O)c2ccc(Cl)cc2)c(Br)c1)C(=O)Nc1ccccc1. The number of carbonyl (C=O) groups excluding carboxylic acids is 1. The summed E-state index contributed by atoms with van der Waals surface area (Å²) in [7, 11) is -4.11. The van der Waals surface area contributed by atoms with Gasteiger partial charge in [0.15, 0.2) is 5.75 Å². The smallest absolute Gasteiger partial charge is 0.339 e. The van der Waals surface area contributed by atoms with Gasteiger partial charge in [-0.15, -0.1) is 0 Å². The Kier molecular flexibility index (Phi) is 7.74. The van der Waals surface area contributed by atoms with Crippen LogP contribution in [0.5, 0.6) is 5.75 Å². The summed E-state index contributed by atoms with van der Waals surface area (Å²) in [5, 5.41) is 12.4. The second-order valence-corrected chi connectivity index (χ2v) is 9.99. The van der Waals surface area contributed by atoms with Crippen molar-refractivity contribution in [2.24, 2.45) is 0 Å². The van der Waals surface area contributed by atoms with Gasteiger partial charge in [-0.05, 0) is 92.0 Å². The van der Waals surface area contributed by atoms with E-state index < -0.39 is 16.0 Å². The number of nitrogens with one attached hydrogen (secondary N) is 1. The minimum absolute atomic E-state index is 0.0179. The first kappa shape index (κ1) is 24.0. The molecule has 0 spiro atoms. The van der Waals surface area contributed by atoms with Crippen LogP contribution < -0.4 is 9.50 Å². The second kappa shape index (κ2) is 10.3. The number of anilines is 1. The molecule has 0 aromatic heterocycles. The van der Waals surface area contributed by atoms with Crippen molar-refractivity contribution in [2.45, 2.75) is 4.90 Å². The molecular weight excluding hydrogens is 584 g/mol. The minimum atomic E-state index is -4.11. The van der Waals surface area contributed by atoms with Crippen LogP contribution in [-0.2, 0) is 14.9 Å². The number of nitriles is 1. The number of hydrogen-bond acceptors (Lipinski definition) is 5. The molecule has 0 heterocycles. The molecule has 0 saturated heterocycles. The van der Waals surface area contributed by atoms with Gasteiger partial charge in [-0.2, -0.15) is 13.7 Å². The molecule has 0 aliphatic carbocycles. The largest absolute Gasteiger partial charge is 0.377 e. The highest BCUT2D eigenvalue weighted by Crippen LogP contribution is 2.37. The fourth-order valence-corrected chi connectivity index (χ4v) is 5.23. The molecule has 3 aromatic rings. The van der Waals surface area contributed by atoms with Crippen molar-refractivity contribution in [2.75, 3.05) is 5.32 Å². The molecule has 0 aliphatic heterocycles. The lowest BCUT2D eigenvalue weighted by Crippen LogP contribution is -2.13. The highest BCUT2D eigenvalue weighted by Gasteiger charge is 2.21. The number of amides is 1. The number of halogens is 3. The zero-order chi connectivity index (χ0) is 23.3. The molecule has 10 heteroatoms. The highest BCUT2D eigenvalue weighted by molar-refractivity contribution is 9.11. The lowest BCUT2D eigenvalue weighted by Gasteiger charge is -2.12. The van der Waals surface area contributed by atoms with E-state index in [4.69, 9.17) is 15.8 Å². The Hall–Kier alpha value is -2.64. The van der Waals surface area contributed by atoms with Gasteiger partial charge in [0.2, 0.25) is 0 Å². The van der Waals surface area contributed by atoms with Crippen molar-refractivity contribution in [3.8, 4) is 11.8 Å². The predicted molar refractivity (Wildman–Crippen MR) is 130 cm³/mol. The quantitative estimate of drug-likeness (QED) is 0.208. The van der Waals surface area contributed by atoms with E-state index in [1.54, 1.807) is 24.3 Å². The molecule has 0 unspecified atom stereocenters. The highest BCUT2D eigenvalue weighted by atomic mass is 79.9. The number of hydrogen-bond donors (Lipinski definition) is 1. The van der Waals surface area contributed by atoms with Crippen LogP contribution in [-0.4, -0.2) is 14.3 Å². The van der Waals surface area contributed by atoms with E-state index in [2.05, 4.69) is 37.2 Å². The Labute approximate surface area is 206 Å². The molecule has 0 bridgehead atoms. The van der Waals surface area contributed by atoms with Gasteiger partial charge in [0, 0.05) is 10.7 Å². The van der Waals surface area contributed by atoms with E-state index in [9.17, 15) is 18.5 Å². The second-order valence-electron chi connectivity index (χ2n) is 6.30. The normalized spacial score (nSPS) is 11.5. The van der Waals surface area contributed by atoms with Crippen molar-refractivity contribution in [3.05, 3.63) is 91.8 Å². The molecule has 3 aromatic carbocycles. The number of benzene rings is 3. The Balaban J connectivity index is 1.86. The summed E-state index contributed by atoms with van der Waals surface area (Å²) in [6.07, 6.45) is 1.38. The summed E-state index contributed by atoms with van der Waals surface area (Å²) >= 11 is 12.4. The van der Waals surface area contributed by atoms with Crippen LogP contribution in [0.25, 0.3) is 6.08 Å². The van der Waals surface area contributed by atoms with Gasteiger partial charge in [0.1, 0.15) is 16.5 Å². The summed E-state index contributed by atoms with van der Waals surface area (Å²) in [5.74, 6) is -0.555. The fraction of sp³-hybridized carbons (Fsp3) is 0. The number of para-hydroxylation sites is 1. The van der Waals surface area contributed by atoms with Crippen molar-refractivity contribution in [3.63, 3.8) is 0 Å². The van der Waals surface area contributed by atoms with Gasteiger partial charge < -0.3 is 9.50 Å². The van der Waals surface area contributed by atoms with Gasteiger partial charge in [0.05, 0.1) is 8.95 Å². The van der Waals surface area contributed by atoms with Gasteiger partial charge in [-0.25, -0.2) is 0 Å². The van der Waals surface area contributed by atoms with E-state index in [-0.39, 0.29) is 16.2 Å². The van der Waals surface area contributed by atoms with E-state index in [1.807, 2.05) is 12.1 Å². The van der Waals surface area contributed by atoms with E-state index in [0.717, 1.165) is 0 Å². The maximum Gasteiger partial charge on any atom is 0.339 e. The Morgan fingerprint density at radius 1 is 1.03 bits per heavy atom. The van der Waals surface area contributed by atoms with Crippen LogP contribution in [0.4, 0.5) is 5.69 Å². The van der Waals surface area contributed by atoms with Crippen LogP contribution >= 0.6 is 43.5 Å². The lowest BCUT2D eigenvalue weighted by atomic mass is 10.1. The Morgan fingerprint density at radius 3 is 2.19 bits per heavy atom. The first-order chi connectivity index (χ1) is 15.2. The summed E-state index contributed by atoms with van der Waals surface area (Å²) < 4.78 is 31.0. The van der Waals surface area contributed by atoms with Gasteiger partial charge in [-0.1, -0.05) is 29.8 Å². The molecular formula is C22H13Br2ClN2O4S. The molecule has 3 rings (SSSR count). The Morgan fingerprint density at radius 2 is 1.62 bits per heavy atom. The topological polar surface area (TPSA) is 96.3 Å². The van der Waals surface area contributed by atoms with Crippen LogP contribution in [0, 0.1) is 11.3 Å². The molecule has 0 aliphatic rings. The van der Waals surface area contributed by atoms with E-state index >= 15 is 0 Å². The average molecular weight is 597 g/mol. The Bertz CT molecular complexity index is 1310. The van der Waals surface area contributed by atoms with Crippen LogP contribution in [0.3, 0.4) is 0 Å². The lowest BCUT2D eigenvalue weighted by molar-refractivity contribution is -0.112. The summed E-state index contributed by atoms with van der Waals surface area (Å²) in [5.41, 5.74) is 0.895. The molecule has 0 saturated carbocycles. The third-order valence-electron chi connectivity index (χ3n) is 4.02. The molecule has 162 valence electrons. The number of carbonyl (C=O) groups is 1. The molecule has 1 amide bonds. The third-order valence-corrected chi connectivity index (χ3v) is 6.69. The fourth-order valence-electron chi connectivity index (χ4n) is 2.54. The van der Waals surface area contributed by atoms with Crippen LogP contribution in [0.1, 0.15) is 5.56 Å². The van der Waals surface area contributed by atoms with Gasteiger partial charge >= 0.3 is 10.1 Å². The van der Waals surface area contributed by atoms with Crippen molar-refractivity contribution >= 4 is 71.2 Å². The van der Waals surface area contributed by atoms with E-state index in [0.29, 0.717) is 25.2 Å². The summed E-state index contributed by atoms with van der Waals surface area (Å²) in [6, 6.07) is 19.2. The molecule has 1 N–H and O–H groups in total. The number of nitrogens with zero attached hydrogens (tertiary/aromatic N) is 1. The maximum atomic E-state index is 12.6. The zero-order valence-corrected chi connectivity index (χ0v) is 20.8. The van der Waals surface area contributed by atoms with Gasteiger partial charge in [0.25, 0.3) is 5.91 Å². The molecule has 0 radical (unpaired) electrons. The minimum Gasteiger partial charge on any atom is -0.377 e. The van der Waals surface area contributed by atoms with Crippen molar-refractivity contribution < 1.29 is 17.4 Å². The number of rotatable bonds is 6. The third kappa shape index (κ3) is 5.99. The molecule has 32 heavy (non-hydrogen) atoms. The van der Waals surface area contributed by atoms with Gasteiger partial charge in [-0.3, -0.25) is 4.79 Å². The summed E-state index contributed by atoms with van der Waals surface area (Å²) in [6.45, 7) is 0. The maximum absolute atomic E-state index is 12.6. The molecule has 6 nitrogen and oxygen atoms in total. The van der Waals surface area contributed by atoms with Crippen molar-refractivity contribution in [1.82, 2.24) is 0 Å². The molecule has 0 atom stereocenters. The average Bonchev–Trinajstić information content (AvgIpc) is 2.75. The first-order valence-corrected chi connectivity index (χ1v) is 12.2. The predicted octanol–water partition coefficient (Wildman–Crippen LogP) is 6.18. The molecule has 0 fully saturated rings. The monoisotopic (exact) mass is 594 g/mol. The standard InChI is InChI=1S/C22H13Br2ClN2O4S/c23-19-11-14(10-15(13-26)22(28)27-17-4-2-1-3-5-17)12-20(24)21(19)31-32(29,30)18-8-6-16(25)7-9-18/h1-12H,(H,27,28)/b15-10+. The first-order valence-electron chi connectivity index (χ1n) is 8.87. The van der Waals surface area contributed by atoms with Crippen LogP contribution in [0.2, 0.25) is 5.02 Å². The van der Waals surface area contributed by atoms with Crippen LogP contribution in [0.15, 0.2) is 86.1 Å². The summed E-state index contributed by atoms with van der Waals surface area (Å²) in [4.78, 5) is 12.4. The zero-order valence-electron chi connectivity index (χ0n) is 16.1. The van der Waals surface area contributed by atoms with E-state index in [1.165, 1.54) is 42.5 Å².